The molecule has 0 spiro atoms. The van der Waals surface area contributed by atoms with E-state index in [2.05, 4.69) is 49.6 Å². The molecule has 2 rings (SSSR count). The third-order valence-corrected chi connectivity index (χ3v) is 4.52. The van der Waals surface area contributed by atoms with E-state index >= 15 is 0 Å². The summed E-state index contributed by atoms with van der Waals surface area (Å²) >= 11 is 0. The summed E-state index contributed by atoms with van der Waals surface area (Å²) in [6.45, 7) is 2.31. The first kappa shape index (κ1) is 12.6. The van der Waals surface area contributed by atoms with Crippen LogP contribution in [0.1, 0.15) is 51.0 Å². The molecule has 0 aliphatic heterocycles. The van der Waals surface area contributed by atoms with Crippen molar-refractivity contribution in [2.24, 2.45) is 0 Å². The first-order chi connectivity index (χ1) is 8.33. The minimum Gasteiger partial charge on any atom is -0.316 e. The Morgan fingerprint density at radius 1 is 1.12 bits per heavy atom. The zero-order valence-corrected chi connectivity index (χ0v) is 11.2. The Balaban J connectivity index is 2.35. The molecule has 17 heavy (non-hydrogen) atoms. The third kappa shape index (κ3) is 2.40. The number of rotatable bonds is 4. The molecule has 1 unspecified atom stereocenters. The summed E-state index contributed by atoms with van der Waals surface area (Å²) in [7, 11) is 2.12. The second kappa shape index (κ2) is 5.68. The predicted octanol–water partition coefficient (Wildman–Crippen LogP) is 3.89. The Bertz CT molecular complexity index is 321. The second-order valence-electron chi connectivity index (χ2n) is 5.33. The van der Waals surface area contributed by atoms with E-state index in [4.69, 9.17) is 0 Å². The number of benzene rings is 1. The molecular weight excluding hydrogens is 206 g/mol. The molecule has 1 nitrogen and oxygen atoms in total. The summed E-state index contributed by atoms with van der Waals surface area (Å²) in [5.74, 6) is 0. The molecule has 94 valence electrons. The van der Waals surface area contributed by atoms with Crippen molar-refractivity contribution in [3.63, 3.8) is 0 Å². The van der Waals surface area contributed by atoms with Crippen LogP contribution in [0.2, 0.25) is 0 Å². The van der Waals surface area contributed by atoms with Crippen molar-refractivity contribution in [1.82, 2.24) is 5.32 Å². The van der Waals surface area contributed by atoms with Crippen molar-refractivity contribution < 1.29 is 0 Å². The summed E-state index contributed by atoms with van der Waals surface area (Å²) in [6, 6.07) is 11.8. The standard InChI is InChI=1S/C16H25N/c1-3-15(17-2)16(12-8-5-9-13-16)14-10-6-4-7-11-14/h4,6-7,10-11,15,17H,3,5,8-9,12-13H2,1-2H3. The van der Waals surface area contributed by atoms with Gasteiger partial charge < -0.3 is 5.32 Å². The van der Waals surface area contributed by atoms with E-state index in [9.17, 15) is 0 Å². The van der Waals surface area contributed by atoms with Gasteiger partial charge in [-0.25, -0.2) is 0 Å². The van der Waals surface area contributed by atoms with E-state index in [1.807, 2.05) is 0 Å². The lowest BCUT2D eigenvalue weighted by Crippen LogP contribution is -2.48. The molecule has 0 radical (unpaired) electrons. The van der Waals surface area contributed by atoms with Crippen molar-refractivity contribution in [3.05, 3.63) is 35.9 Å². The van der Waals surface area contributed by atoms with Gasteiger partial charge in [-0.1, -0.05) is 56.5 Å². The molecule has 0 saturated heterocycles. The highest BCUT2D eigenvalue weighted by Gasteiger charge is 2.39. The molecule has 1 aliphatic carbocycles. The molecule has 0 heterocycles. The average Bonchev–Trinajstić information content (AvgIpc) is 2.42. The Kier molecular flexibility index (Phi) is 4.22. The lowest BCUT2D eigenvalue weighted by Gasteiger charge is -2.44. The van der Waals surface area contributed by atoms with E-state index in [-0.39, 0.29) is 0 Å². The highest BCUT2D eigenvalue weighted by molar-refractivity contribution is 5.28. The van der Waals surface area contributed by atoms with Gasteiger partial charge in [0.15, 0.2) is 0 Å². The number of hydrogen-bond donors (Lipinski definition) is 1. The van der Waals surface area contributed by atoms with Crippen LogP contribution < -0.4 is 5.32 Å². The number of likely N-dealkylation sites (N-methyl/N-ethyl adjacent to an activating group) is 1. The van der Waals surface area contributed by atoms with Crippen LogP contribution in [0, 0.1) is 0 Å². The van der Waals surface area contributed by atoms with Crippen LogP contribution in [0.5, 0.6) is 0 Å². The van der Waals surface area contributed by atoms with Gasteiger partial charge in [-0.15, -0.1) is 0 Å². The molecule has 1 atom stereocenters. The van der Waals surface area contributed by atoms with E-state index in [1.165, 1.54) is 38.5 Å². The Labute approximate surface area is 106 Å². The fourth-order valence-electron chi connectivity index (χ4n) is 3.66. The highest BCUT2D eigenvalue weighted by Crippen LogP contribution is 2.42. The van der Waals surface area contributed by atoms with Gasteiger partial charge in [-0.2, -0.15) is 0 Å². The van der Waals surface area contributed by atoms with Gasteiger partial charge in [0.1, 0.15) is 0 Å². The van der Waals surface area contributed by atoms with Crippen LogP contribution in [0.25, 0.3) is 0 Å². The summed E-state index contributed by atoms with van der Waals surface area (Å²) < 4.78 is 0. The van der Waals surface area contributed by atoms with Gasteiger partial charge in [0, 0.05) is 11.5 Å². The minimum absolute atomic E-state index is 0.378. The minimum atomic E-state index is 0.378. The van der Waals surface area contributed by atoms with Crippen molar-refractivity contribution in [3.8, 4) is 0 Å². The number of hydrogen-bond acceptors (Lipinski definition) is 1. The normalized spacial score (nSPS) is 21.1. The van der Waals surface area contributed by atoms with Gasteiger partial charge in [-0.05, 0) is 31.9 Å². The highest BCUT2D eigenvalue weighted by atomic mass is 14.9. The first-order valence-corrected chi connectivity index (χ1v) is 7.06. The maximum Gasteiger partial charge on any atom is 0.0158 e. The third-order valence-electron chi connectivity index (χ3n) is 4.52. The monoisotopic (exact) mass is 231 g/mol. The van der Waals surface area contributed by atoms with Gasteiger partial charge in [-0.3, -0.25) is 0 Å². The quantitative estimate of drug-likeness (QED) is 0.829. The summed E-state index contributed by atoms with van der Waals surface area (Å²) in [6.07, 6.45) is 8.08. The van der Waals surface area contributed by atoms with Crippen LogP contribution in [-0.2, 0) is 5.41 Å². The smallest absolute Gasteiger partial charge is 0.0158 e. The van der Waals surface area contributed by atoms with E-state index in [1.54, 1.807) is 5.56 Å². The maximum atomic E-state index is 3.56. The zero-order valence-electron chi connectivity index (χ0n) is 11.2. The molecule has 1 N–H and O–H groups in total. The summed E-state index contributed by atoms with van der Waals surface area (Å²) in [4.78, 5) is 0. The molecule has 0 bridgehead atoms. The van der Waals surface area contributed by atoms with E-state index in [0.29, 0.717) is 11.5 Å². The SMILES string of the molecule is CCC(NC)C1(c2ccccc2)CCCCC1. The van der Waals surface area contributed by atoms with Crippen molar-refractivity contribution in [2.75, 3.05) is 7.05 Å². The molecule has 1 aromatic rings. The fraction of sp³-hybridized carbons (Fsp3) is 0.625. The molecule has 1 aromatic carbocycles. The van der Waals surface area contributed by atoms with Crippen molar-refractivity contribution in [1.29, 1.82) is 0 Å². The summed E-state index contributed by atoms with van der Waals surface area (Å²) in [5, 5.41) is 3.56. The van der Waals surface area contributed by atoms with E-state index in [0.717, 1.165) is 0 Å². The molecule has 0 aromatic heterocycles. The maximum absolute atomic E-state index is 3.56. The first-order valence-electron chi connectivity index (χ1n) is 7.06. The Morgan fingerprint density at radius 2 is 1.76 bits per heavy atom. The van der Waals surface area contributed by atoms with Gasteiger partial charge >= 0.3 is 0 Å². The zero-order chi connectivity index (χ0) is 12.1. The fourth-order valence-corrected chi connectivity index (χ4v) is 3.66. The topological polar surface area (TPSA) is 12.0 Å². The lowest BCUT2D eigenvalue weighted by molar-refractivity contribution is 0.215. The molecule has 1 fully saturated rings. The largest absolute Gasteiger partial charge is 0.316 e. The lowest BCUT2D eigenvalue weighted by atomic mass is 9.64. The van der Waals surface area contributed by atoms with Gasteiger partial charge in [0.2, 0.25) is 0 Å². The predicted molar refractivity (Wildman–Crippen MR) is 74.3 cm³/mol. The second-order valence-corrected chi connectivity index (χ2v) is 5.33. The van der Waals surface area contributed by atoms with Crippen LogP contribution in [0.3, 0.4) is 0 Å². The van der Waals surface area contributed by atoms with Crippen molar-refractivity contribution >= 4 is 0 Å². The van der Waals surface area contributed by atoms with E-state index < -0.39 is 0 Å². The molecule has 1 saturated carbocycles. The Morgan fingerprint density at radius 3 is 2.29 bits per heavy atom. The molecular formula is C16H25N. The molecule has 1 aliphatic rings. The molecule has 0 amide bonds. The average molecular weight is 231 g/mol. The summed E-state index contributed by atoms with van der Waals surface area (Å²) in [5.41, 5.74) is 1.92. The van der Waals surface area contributed by atoms with Crippen LogP contribution in [-0.4, -0.2) is 13.1 Å². The molecule has 1 heteroatoms. The van der Waals surface area contributed by atoms with Crippen molar-refractivity contribution in [2.45, 2.75) is 56.9 Å². The number of nitrogens with one attached hydrogen (secondary N) is 1. The Hall–Kier alpha value is -0.820. The van der Waals surface area contributed by atoms with Crippen LogP contribution in [0.4, 0.5) is 0 Å². The van der Waals surface area contributed by atoms with Gasteiger partial charge in [0.05, 0.1) is 0 Å². The van der Waals surface area contributed by atoms with Crippen LogP contribution >= 0.6 is 0 Å². The van der Waals surface area contributed by atoms with Crippen LogP contribution in [0.15, 0.2) is 30.3 Å². The van der Waals surface area contributed by atoms with Gasteiger partial charge in [0.25, 0.3) is 0 Å².